The third-order valence-corrected chi connectivity index (χ3v) is 6.43. The second kappa shape index (κ2) is 9.67. The Labute approximate surface area is 185 Å². The van der Waals surface area contributed by atoms with Crippen LogP contribution in [-0.4, -0.2) is 41.6 Å². The van der Waals surface area contributed by atoms with E-state index >= 15 is 0 Å². The first-order valence-electron chi connectivity index (χ1n) is 10.4. The quantitative estimate of drug-likeness (QED) is 0.431. The van der Waals surface area contributed by atoms with Gasteiger partial charge < -0.3 is 14.4 Å². The number of amides is 1. The molecule has 1 aliphatic rings. The first-order valence-corrected chi connectivity index (χ1v) is 11.6. The third kappa shape index (κ3) is 4.87. The standard InChI is InChI=1S/C23H25ClN2O3S/c1-2-3-15-28-17-9-7-16(8-10-17)22(27)26-13-11-18(12-14-26)29-23-25-21-19(24)5-4-6-20(21)30-23/h4-10,18H,2-3,11-15H2,1H3. The third-order valence-electron chi connectivity index (χ3n) is 5.21. The van der Waals surface area contributed by atoms with Crippen molar-refractivity contribution in [2.24, 2.45) is 0 Å². The lowest BCUT2D eigenvalue weighted by Gasteiger charge is -2.31. The minimum Gasteiger partial charge on any atom is -0.494 e. The Kier molecular flexibility index (Phi) is 6.75. The molecule has 0 spiro atoms. The van der Waals surface area contributed by atoms with Crippen molar-refractivity contribution in [2.75, 3.05) is 19.7 Å². The van der Waals surface area contributed by atoms with Crippen LogP contribution in [0.5, 0.6) is 10.9 Å². The summed E-state index contributed by atoms with van der Waals surface area (Å²) in [6.45, 7) is 4.18. The predicted molar refractivity (Wildman–Crippen MR) is 121 cm³/mol. The van der Waals surface area contributed by atoms with Crippen molar-refractivity contribution in [1.82, 2.24) is 9.88 Å². The second-order valence-corrected chi connectivity index (χ2v) is 8.80. The average molecular weight is 445 g/mol. The molecule has 1 fully saturated rings. The van der Waals surface area contributed by atoms with Crippen molar-refractivity contribution in [3.05, 3.63) is 53.1 Å². The summed E-state index contributed by atoms with van der Waals surface area (Å²) in [4.78, 5) is 19.2. The van der Waals surface area contributed by atoms with E-state index < -0.39 is 0 Å². The molecular formula is C23H25ClN2O3S. The Morgan fingerprint density at radius 2 is 1.97 bits per heavy atom. The summed E-state index contributed by atoms with van der Waals surface area (Å²) in [5, 5.41) is 1.28. The summed E-state index contributed by atoms with van der Waals surface area (Å²) in [6, 6.07) is 13.2. The zero-order chi connectivity index (χ0) is 20.9. The number of rotatable bonds is 7. The molecule has 0 unspecified atom stereocenters. The van der Waals surface area contributed by atoms with Crippen molar-refractivity contribution < 1.29 is 14.3 Å². The molecule has 2 heterocycles. The first-order chi connectivity index (χ1) is 14.6. The van der Waals surface area contributed by atoms with Crippen LogP contribution in [0.25, 0.3) is 10.2 Å². The zero-order valence-electron chi connectivity index (χ0n) is 17.0. The molecule has 0 aliphatic carbocycles. The number of likely N-dealkylation sites (tertiary alicyclic amines) is 1. The SMILES string of the molecule is CCCCOc1ccc(C(=O)N2CCC(Oc3nc4c(Cl)cccc4s3)CC2)cc1. The number of benzene rings is 2. The van der Waals surface area contributed by atoms with E-state index in [0.717, 1.165) is 41.6 Å². The number of nitrogens with zero attached hydrogens (tertiary/aromatic N) is 2. The minimum absolute atomic E-state index is 0.0559. The van der Waals surface area contributed by atoms with Crippen LogP contribution in [0.15, 0.2) is 42.5 Å². The number of fused-ring (bicyclic) bond motifs is 1. The van der Waals surface area contributed by atoms with Gasteiger partial charge in [-0.1, -0.05) is 42.3 Å². The lowest BCUT2D eigenvalue weighted by molar-refractivity contribution is 0.0595. The molecule has 0 atom stereocenters. The number of halogens is 1. The van der Waals surface area contributed by atoms with Gasteiger partial charge in [0.1, 0.15) is 17.4 Å². The van der Waals surface area contributed by atoms with Gasteiger partial charge in [0.25, 0.3) is 11.1 Å². The van der Waals surface area contributed by atoms with Gasteiger partial charge in [0.15, 0.2) is 0 Å². The first kappa shape index (κ1) is 20.9. The fourth-order valence-electron chi connectivity index (χ4n) is 3.47. The number of hydrogen-bond donors (Lipinski definition) is 0. The number of aromatic nitrogens is 1. The van der Waals surface area contributed by atoms with Gasteiger partial charge in [-0.3, -0.25) is 4.79 Å². The monoisotopic (exact) mass is 444 g/mol. The second-order valence-electron chi connectivity index (χ2n) is 7.40. The Bertz CT molecular complexity index is 997. The maximum atomic E-state index is 12.8. The largest absolute Gasteiger partial charge is 0.494 e. The summed E-state index contributed by atoms with van der Waals surface area (Å²) >= 11 is 7.71. The van der Waals surface area contributed by atoms with E-state index in [2.05, 4.69) is 11.9 Å². The van der Waals surface area contributed by atoms with Crippen molar-refractivity contribution in [1.29, 1.82) is 0 Å². The Balaban J connectivity index is 1.30. The van der Waals surface area contributed by atoms with Crippen LogP contribution in [-0.2, 0) is 0 Å². The molecule has 2 aromatic carbocycles. The van der Waals surface area contributed by atoms with Crippen LogP contribution in [0.4, 0.5) is 0 Å². The normalized spacial score (nSPS) is 14.8. The highest BCUT2D eigenvalue weighted by molar-refractivity contribution is 7.20. The summed E-state index contributed by atoms with van der Waals surface area (Å²) in [6.07, 6.45) is 3.76. The zero-order valence-corrected chi connectivity index (χ0v) is 18.5. The fourth-order valence-corrected chi connectivity index (χ4v) is 4.66. The van der Waals surface area contributed by atoms with Crippen molar-refractivity contribution >= 4 is 39.1 Å². The van der Waals surface area contributed by atoms with Gasteiger partial charge >= 0.3 is 0 Å². The Morgan fingerprint density at radius 3 is 2.67 bits per heavy atom. The fraction of sp³-hybridized carbons (Fsp3) is 0.391. The highest BCUT2D eigenvalue weighted by Gasteiger charge is 2.25. The highest BCUT2D eigenvalue weighted by Crippen LogP contribution is 2.33. The van der Waals surface area contributed by atoms with E-state index in [9.17, 15) is 4.79 Å². The molecule has 0 bridgehead atoms. The summed E-state index contributed by atoms with van der Waals surface area (Å²) in [7, 11) is 0. The van der Waals surface area contributed by atoms with Crippen LogP contribution in [0, 0.1) is 0 Å². The Morgan fingerprint density at radius 1 is 1.20 bits per heavy atom. The van der Waals surface area contributed by atoms with Crippen LogP contribution in [0.1, 0.15) is 43.0 Å². The minimum atomic E-state index is 0.0559. The molecule has 0 saturated carbocycles. The average Bonchev–Trinajstić information content (AvgIpc) is 3.18. The summed E-state index contributed by atoms with van der Waals surface area (Å²) in [5.41, 5.74) is 1.48. The summed E-state index contributed by atoms with van der Waals surface area (Å²) < 4.78 is 12.8. The van der Waals surface area contributed by atoms with Crippen molar-refractivity contribution in [3.63, 3.8) is 0 Å². The van der Waals surface area contributed by atoms with Gasteiger partial charge in [-0.05, 0) is 42.8 Å². The molecule has 158 valence electrons. The van der Waals surface area contributed by atoms with Crippen LogP contribution >= 0.6 is 22.9 Å². The van der Waals surface area contributed by atoms with Gasteiger partial charge in [-0.15, -0.1) is 0 Å². The number of piperidine rings is 1. The molecule has 4 rings (SSSR count). The maximum absolute atomic E-state index is 12.8. The molecule has 3 aromatic rings. The number of hydrogen-bond acceptors (Lipinski definition) is 5. The highest BCUT2D eigenvalue weighted by atomic mass is 35.5. The van der Waals surface area contributed by atoms with Gasteiger partial charge in [-0.2, -0.15) is 0 Å². The molecular weight excluding hydrogens is 420 g/mol. The van der Waals surface area contributed by atoms with Gasteiger partial charge in [0.2, 0.25) is 0 Å². The number of carbonyl (C=O) groups excluding carboxylic acids is 1. The molecule has 1 saturated heterocycles. The van der Waals surface area contributed by atoms with Gasteiger partial charge in [0.05, 0.1) is 16.3 Å². The van der Waals surface area contributed by atoms with Crippen LogP contribution in [0.3, 0.4) is 0 Å². The number of ether oxygens (including phenoxy) is 2. The molecule has 7 heteroatoms. The Hall–Kier alpha value is -2.31. The topological polar surface area (TPSA) is 51.7 Å². The van der Waals surface area contributed by atoms with Crippen molar-refractivity contribution in [2.45, 2.75) is 38.7 Å². The van der Waals surface area contributed by atoms with E-state index in [1.165, 1.54) is 11.3 Å². The number of unbranched alkanes of at least 4 members (excludes halogenated alkanes) is 1. The predicted octanol–water partition coefficient (Wildman–Crippen LogP) is 5.81. The molecule has 30 heavy (non-hydrogen) atoms. The molecule has 0 radical (unpaired) electrons. The molecule has 1 aromatic heterocycles. The lowest BCUT2D eigenvalue weighted by Crippen LogP contribution is -2.41. The van der Waals surface area contributed by atoms with E-state index in [1.807, 2.05) is 47.4 Å². The van der Waals surface area contributed by atoms with Gasteiger partial charge in [-0.25, -0.2) is 4.98 Å². The molecule has 1 amide bonds. The smallest absolute Gasteiger partial charge is 0.274 e. The lowest BCUT2D eigenvalue weighted by atomic mass is 10.1. The number of thiazole rings is 1. The maximum Gasteiger partial charge on any atom is 0.274 e. The number of para-hydroxylation sites is 1. The number of carbonyl (C=O) groups is 1. The van der Waals surface area contributed by atoms with E-state index in [1.54, 1.807) is 0 Å². The van der Waals surface area contributed by atoms with E-state index in [0.29, 0.717) is 35.5 Å². The van der Waals surface area contributed by atoms with Crippen LogP contribution in [0.2, 0.25) is 5.02 Å². The van der Waals surface area contributed by atoms with Crippen molar-refractivity contribution in [3.8, 4) is 10.9 Å². The van der Waals surface area contributed by atoms with Crippen LogP contribution < -0.4 is 9.47 Å². The summed E-state index contributed by atoms with van der Waals surface area (Å²) in [5.74, 6) is 0.864. The van der Waals surface area contributed by atoms with Gasteiger partial charge in [0, 0.05) is 31.5 Å². The van der Waals surface area contributed by atoms with E-state index in [4.69, 9.17) is 21.1 Å². The molecule has 5 nitrogen and oxygen atoms in total. The molecule has 0 N–H and O–H groups in total. The van der Waals surface area contributed by atoms with E-state index in [-0.39, 0.29) is 12.0 Å². The molecule has 1 aliphatic heterocycles.